The first-order chi connectivity index (χ1) is 14.3. The fraction of sp³-hybridized carbons (Fsp3) is 0.273. The summed E-state index contributed by atoms with van der Waals surface area (Å²) in [6, 6.07) is 11.6. The van der Waals surface area contributed by atoms with E-state index in [1.54, 1.807) is 24.3 Å². The number of benzene rings is 2. The third kappa shape index (κ3) is 5.02. The summed E-state index contributed by atoms with van der Waals surface area (Å²) in [5, 5.41) is 17.0. The fourth-order valence-electron chi connectivity index (χ4n) is 3.27. The van der Waals surface area contributed by atoms with Crippen molar-refractivity contribution in [1.29, 1.82) is 0 Å². The molecular weight excluding hydrogens is 392 g/mol. The van der Waals surface area contributed by atoms with Gasteiger partial charge in [0.15, 0.2) is 0 Å². The molecule has 0 radical (unpaired) electrons. The average Bonchev–Trinajstić information content (AvgIpc) is 2.75. The van der Waals surface area contributed by atoms with Gasteiger partial charge in [-0.05, 0) is 68.1 Å². The molecule has 5 rings (SSSR count). The second kappa shape index (κ2) is 9.21. The van der Waals surface area contributed by atoms with Crippen molar-refractivity contribution >= 4 is 23.9 Å². The van der Waals surface area contributed by atoms with E-state index in [4.69, 9.17) is 19.7 Å². The Morgan fingerprint density at radius 2 is 1.13 bits per heavy atom. The van der Waals surface area contributed by atoms with Crippen molar-refractivity contribution in [2.24, 2.45) is 0 Å². The Hall–Kier alpha value is -3.68. The van der Waals surface area contributed by atoms with E-state index in [1.807, 2.05) is 0 Å². The maximum atomic E-state index is 11.9. The zero-order valence-corrected chi connectivity index (χ0v) is 15.9. The molecule has 2 bridgehead atoms. The van der Waals surface area contributed by atoms with Gasteiger partial charge in [-0.2, -0.15) is 0 Å². The summed E-state index contributed by atoms with van der Waals surface area (Å²) in [5.74, 6) is -2.93. The summed E-state index contributed by atoms with van der Waals surface area (Å²) in [6.45, 7) is 0. The highest BCUT2D eigenvalue weighted by Crippen LogP contribution is 2.26. The van der Waals surface area contributed by atoms with Gasteiger partial charge in [0.05, 0.1) is 22.3 Å². The fourth-order valence-corrected chi connectivity index (χ4v) is 3.27. The molecule has 2 aromatic carbocycles. The van der Waals surface area contributed by atoms with Crippen LogP contribution < -0.4 is 0 Å². The Kier molecular flexibility index (Phi) is 6.46. The number of carboxylic acids is 2. The summed E-state index contributed by atoms with van der Waals surface area (Å²) in [6.07, 6.45) is 2.93. The van der Waals surface area contributed by atoms with Crippen LogP contribution in [0.3, 0.4) is 0 Å². The highest BCUT2D eigenvalue weighted by molar-refractivity contribution is 5.94. The Morgan fingerprint density at radius 3 is 1.50 bits per heavy atom. The standard InChI is InChI=1S/C14H14O4.C8H6O4/c15-13-9-5-7-10(8-6-9)14(16)18-12-4-2-1-3-11(12)17-13;9-7(10)5-2-1-3-6(4-5)8(11)12/h5-8,11-12H,1-4H2;1-4H,(H,9,10)(H,11,12). The topological polar surface area (TPSA) is 127 Å². The van der Waals surface area contributed by atoms with E-state index in [0.29, 0.717) is 11.1 Å². The second-order valence-electron chi connectivity index (χ2n) is 6.94. The zero-order valence-electron chi connectivity index (χ0n) is 15.9. The zero-order chi connectivity index (χ0) is 21.7. The van der Waals surface area contributed by atoms with Crippen LogP contribution in [-0.4, -0.2) is 46.3 Å². The number of carbonyl (C=O) groups excluding carboxylic acids is 2. The molecule has 2 aliphatic heterocycles. The van der Waals surface area contributed by atoms with Crippen LogP contribution in [0.2, 0.25) is 0 Å². The van der Waals surface area contributed by atoms with E-state index in [0.717, 1.165) is 31.7 Å². The molecule has 2 unspecified atom stereocenters. The summed E-state index contributed by atoms with van der Waals surface area (Å²) >= 11 is 0. The Bertz CT molecular complexity index is 889. The van der Waals surface area contributed by atoms with Crippen molar-refractivity contribution in [2.75, 3.05) is 0 Å². The Morgan fingerprint density at radius 1 is 0.733 bits per heavy atom. The van der Waals surface area contributed by atoms with Crippen LogP contribution in [0, 0.1) is 0 Å². The van der Waals surface area contributed by atoms with Gasteiger partial charge >= 0.3 is 23.9 Å². The molecule has 1 aliphatic carbocycles. The SMILES string of the molecule is O=C(O)c1cccc(C(=O)O)c1.O=C1OC2CCCCC2OC(=O)c2ccc1cc2. The molecule has 3 aliphatic rings. The van der Waals surface area contributed by atoms with Crippen molar-refractivity contribution < 1.29 is 38.9 Å². The van der Waals surface area contributed by atoms with Crippen LogP contribution in [0.5, 0.6) is 0 Å². The van der Waals surface area contributed by atoms with Crippen molar-refractivity contribution in [3.63, 3.8) is 0 Å². The van der Waals surface area contributed by atoms with Gasteiger partial charge in [0.1, 0.15) is 12.2 Å². The number of rotatable bonds is 2. The van der Waals surface area contributed by atoms with Crippen molar-refractivity contribution in [1.82, 2.24) is 0 Å². The molecule has 156 valence electrons. The Labute approximate surface area is 172 Å². The van der Waals surface area contributed by atoms with Crippen LogP contribution in [0.1, 0.15) is 67.1 Å². The van der Waals surface area contributed by atoms with Crippen LogP contribution in [0.4, 0.5) is 0 Å². The van der Waals surface area contributed by atoms with Crippen LogP contribution in [0.25, 0.3) is 0 Å². The summed E-state index contributed by atoms with van der Waals surface area (Å²) in [7, 11) is 0. The molecule has 2 heterocycles. The third-order valence-electron chi connectivity index (χ3n) is 4.87. The smallest absolute Gasteiger partial charge is 0.338 e. The highest BCUT2D eigenvalue weighted by atomic mass is 16.6. The second-order valence-corrected chi connectivity index (χ2v) is 6.94. The summed E-state index contributed by atoms with van der Waals surface area (Å²) < 4.78 is 10.9. The summed E-state index contributed by atoms with van der Waals surface area (Å²) in [5.41, 5.74) is 0.931. The number of ether oxygens (including phenoxy) is 2. The number of carbonyl (C=O) groups is 4. The van der Waals surface area contributed by atoms with Gasteiger partial charge in [0.25, 0.3) is 0 Å². The van der Waals surface area contributed by atoms with Crippen molar-refractivity contribution in [2.45, 2.75) is 37.9 Å². The molecule has 0 amide bonds. The van der Waals surface area contributed by atoms with Crippen LogP contribution in [0.15, 0.2) is 48.5 Å². The van der Waals surface area contributed by atoms with Crippen molar-refractivity contribution in [3.8, 4) is 0 Å². The first-order valence-electron chi connectivity index (χ1n) is 9.44. The maximum Gasteiger partial charge on any atom is 0.338 e. The first-order valence-corrected chi connectivity index (χ1v) is 9.44. The third-order valence-corrected chi connectivity index (χ3v) is 4.87. The van der Waals surface area contributed by atoms with Gasteiger partial charge in [-0.15, -0.1) is 0 Å². The highest BCUT2D eigenvalue weighted by Gasteiger charge is 2.33. The van der Waals surface area contributed by atoms with Gasteiger partial charge in [-0.1, -0.05) is 6.07 Å². The predicted octanol–water partition coefficient (Wildman–Crippen LogP) is 3.41. The quantitative estimate of drug-likeness (QED) is 0.719. The molecule has 8 nitrogen and oxygen atoms in total. The molecule has 2 N–H and O–H groups in total. The molecule has 8 heteroatoms. The number of esters is 2. The van der Waals surface area contributed by atoms with Gasteiger partial charge in [0, 0.05) is 0 Å². The van der Waals surface area contributed by atoms with E-state index >= 15 is 0 Å². The van der Waals surface area contributed by atoms with E-state index in [9.17, 15) is 19.2 Å². The van der Waals surface area contributed by atoms with E-state index < -0.39 is 11.9 Å². The average molecular weight is 412 g/mol. The lowest BCUT2D eigenvalue weighted by molar-refractivity contribution is -0.0518. The lowest BCUT2D eigenvalue weighted by Crippen LogP contribution is -2.38. The van der Waals surface area contributed by atoms with Gasteiger partial charge < -0.3 is 19.7 Å². The molecule has 30 heavy (non-hydrogen) atoms. The van der Waals surface area contributed by atoms with Crippen LogP contribution in [-0.2, 0) is 9.47 Å². The van der Waals surface area contributed by atoms with E-state index in [1.165, 1.54) is 18.2 Å². The first kappa shape index (κ1) is 21.0. The molecule has 0 aromatic heterocycles. The lowest BCUT2D eigenvalue weighted by Gasteiger charge is -2.31. The maximum absolute atomic E-state index is 11.9. The van der Waals surface area contributed by atoms with Gasteiger partial charge in [-0.25, -0.2) is 19.2 Å². The molecule has 0 saturated heterocycles. The number of aromatic carboxylic acids is 2. The summed E-state index contributed by atoms with van der Waals surface area (Å²) in [4.78, 5) is 44.6. The minimum atomic E-state index is -1.13. The minimum absolute atomic E-state index is 0.0186. The van der Waals surface area contributed by atoms with E-state index in [-0.39, 0.29) is 35.3 Å². The number of hydrogen-bond donors (Lipinski definition) is 2. The van der Waals surface area contributed by atoms with E-state index in [2.05, 4.69) is 0 Å². The predicted molar refractivity (Wildman–Crippen MR) is 104 cm³/mol. The molecule has 0 spiro atoms. The van der Waals surface area contributed by atoms with Gasteiger partial charge in [0.2, 0.25) is 0 Å². The minimum Gasteiger partial charge on any atom is -0.478 e. The largest absolute Gasteiger partial charge is 0.478 e. The number of hydrogen-bond acceptors (Lipinski definition) is 6. The molecule has 2 atom stereocenters. The van der Waals surface area contributed by atoms with Crippen molar-refractivity contribution in [3.05, 3.63) is 70.8 Å². The Balaban J connectivity index is 0.000000187. The number of fused-ring (bicyclic) bond motifs is 4. The lowest BCUT2D eigenvalue weighted by atomic mass is 9.94. The van der Waals surface area contributed by atoms with Crippen LogP contribution >= 0.6 is 0 Å². The molecular formula is C22H20O8. The molecule has 1 fully saturated rings. The molecule has 2 aromatic rings. The molecule has 1 saturated carbocycles. The monoisotopic (exact) mass is 412 g/mol. The normalized spacial score (nSPS) is 20.0. The number of carboxylic acid groups (broad SMARTS) is 2. The van der Waals surface area contributed by atoms with Gasteiger partial charge in [-0.3, -0.25) is 0 Å².